The highest BCUT2D eigenvalue weighted by molar-refractivity contribution is 8.13. The molecular weight excluding hydrogens is 398 g/mol. The lowest BCUT2D eigenvalue weighted by Gasteiger charge is -2.32. The van der Waals surface area contributed by atoms with Crippen molar-refractivity contribution in [1.82, 2.24) is 9.88 Å². The summed E-state index contributed by atoms with van der Waals surface area (Å²) in [4.78, 5) is 12.3. The third-order valence-corrected chi connectivity index (χ3v) is 6.97. The second-order valence-corrected chi connectivity index (χ2v) is 9.07. The number of ether oxygens (including phenoxy) is 3. The fourth-order valence-electron chi connectivity index (χ4n) is 4.34. The van der Waals surface area contributed by atoms with Gasteiger partial charge in [0.05, 0.1) is 30.9 Å². The first kappa shape index (κ1) is 20.1. The molecule has 2 fully saturated rings. The molecule has 0 spiro atoms. The van der Waals surface area contributed by atoms with Crippen molar-refractivity contribution in [2.75, 3.05) is 32.9 Å². The van der Waals surface area contributed by atoms with E-state index in [1.165, 1.54) is 5.56 Å². The van der Waals surface area contributed by atoms with Crippen LogP contribution in [-0.2, 0) is 16.0 Å². The minimum Gasteiger partial charge on any atom is -0.494 e. The van der Waals surface area contributed by atoms with Crippen molar-refractivity contribution < 1.29 is 14.2 Å². The van der Waals surface area contributed by atoms with Gasteiger partial charge in [0.2, 0.25) is 0 Å². The summed E-state index contributed by atoms with van der Waals surface area (Å²) < 4.78 is 17.4. The maximum Gasteiger partial charge on any atom is 0.166 e. The van der Waals surface area contributed by atoms with Crippen LogP contribution in [0.4, 0.5) is 0 Å². The van der Waals surface area contributed by atoms with Gasteiger partial charge in [-0.1, -0.05) is 0 Å². The largest absolute Gasteiger partial charge is 0.494 e. The van der Waals surface area contributed by atoms with Crippen LogP contribution in [-0.4, -0.2) is 60.2 Å². The maximum absolute atomic E-state index is 5.92. The summed E-state index contributed by atoms with van der Waals surface area (Å²) in [6.07, 6.45) is 5.07. The van der Waals surface area contributed by atoms with Crippen LogP contribution in [0.2, 0.25) is 0 Å². The summed E-state index contributed by atoms with van der Waals surface area (Å²) in [5.41, 5.74) is 2.24. The summed E-state index contributed by atoms with van der Waals surface area (Å²) in [6, 6.07) is 8.38. The van der Waals surface area contributed by atoms with Crippen molar-refractivity contribution in [2.45, 2.75) is 56.4 Å². The fraction of sp³-hybridized carbons (Fsp3) is 0.565. The van der Waals surface area contributed by atoms with E-state index in [9.17, 15) is 0 Å². The fourth-order valence-corrected chi connectivity index (χ4v) is 5.32. The monoisotopic (exact) mass is 427 g/mol. The quantitative estimate of drug-likeness (QED) is 0.687. The Morgan fingerprint density at radius 2 is 2.00 bits per heavy atom. The standard InChI is InChI=1S/C23H29N3O3S/c1-2-27-18-7-8-21-16(12-18)11-17-14-26(15-20-6-4-10-29-20)23(30-22(17)25-21)24-13-19-5-3-9-28-19/h7-8,11-12,19-20H,2-6,9-10,13-15H2,1H3/t19-,20+/m0/s1. The molecule has 0 unspecified atom stereocenters. The van der Waals surface area contributed by atoms with Gasteiger partial charge >= 0.3 is 0 Å². The lowest BCUT2D eigenvalue weighted by atomic mass is 10.1. The van der Waals surface area contributed by atoms with Crippen LogP contribution in [0.25, 0.3) is 10.9 Å². The molecular formula is C23H29N3O3S. The van der Waals surface area contributed by atoms with E-state index in [1.807, 2.05) is 19.1 Å². The zero-order valence-corrected chi connectivity index (χ0v) is 18.3. The Bertz CT molecular complexity index is 923. The van der Waals surface area contributed by atoms with Crippen LogP contribution in [0.5, 0.6) is 5.75 Å². The zero-order valence-electron chi connectivity index (χ0n) is 17.5. The SMILES string of the molecule is CCOc1ccc2nc3c(cc2c1)CN(C[C@H]1CCCO1)C(=NC[C@@H]1CCCO1)S3. The second kappa shape index (κ2) is 9.12. The Labute approximate surface area is 182 Å². The number of benzene rings is 1. The molecule has 1 aromatic carbocycles. The van der Waals surface area contributed by atoms with E-state index in [0.717, 1.165) is 85.4 Å². The number of hydrogen-bond donors (Lipinski definition) is 0. The Morgan fingerprint density at radius 3 is 2.77 bits per heavy atom. The van der Waals surface area contributed by atoms with E-state index in [-0.39, 0.29) is 12.2 Å². The molecule has 0 radical (unpaired) electrons. The lowest BCUT2D eigenvalue weighted by molar-refractivity contribution is 0.0899. The molecule has 7 heteroatoms. The van der Waals surface area contributed by atoms with Crippen LogP contribution < -0.4 is 4.74 Å². The van der Waals surface area contributed by atoms with E-state index in [4.69, 9.17) is 24.2 Å². The third-order valence-electron chi connectivity index (χ3n) is 5.86. The predicted molar refractivity (Wildman–Crippen MR) is 119 cm³/mol. The first-order valence-corrected chi connectivity index (χ1v) is 11.9. The molecule has 0 aliphatic carbocycles. The van der Waals surface area contributed by atoms with E-state index < -0.39 is 0 Å². The molecule has 1 aromatic heterocycles. The van der Waals surface area contributed by atoms with E-state index >= 15 is 0 Å². The van der Waals surface area contributed by atoms with Crippen molar-refractivity contribution >= 4 is 27.8 Å². The first-order chi connectivity index (χ1) is 14.8. The van der Waals surface area contributed by atoms with Gasteiger partial charge in [0.1, 0.15) is 10.8 Å². The number of hydrogen-bond acceptors (Lipinski definition) is 6. The average Bonchev–Trinajstić information content (AvgIpc) is 3.45. The van der Waals surface area contributed by atoms with Gasteiger partial charge in [-0.2, -0.15) is 0 Å². The molecule has 0 amide bonds. The zero-order chi connectivity index (χ0) is 20.3. The number of nitrogens with zero attached hydrogens (tertiary/aromatic N) is 3. The molecule has 3 aliphatic heterocycles. The van der Waals surface area contributed by atoms with Crippen LogP contribution in [0.15, 0.2) is 34.3 Å². The van der Waals surface area contributed by atoms with Crippen molar-refractivity contribution in [3.8, 4) is 5.75 Å². The summed E-state index contributed by atoms with van der Waals surface area (Å²) >= 11 is 1.68. The number of thioether (sulfide) groups is 1. The Kier molecular flexibility index (Phi) is 6.11. The molecule has 5 rings (SSSR count). The van der Waals surface area contributed by atoms with E-state index in [1.54, 1.807) is 11.8 Å². The van der Waals surface area contributed by atoms with Gasteiger partial charge in [0.15, 0.2) is 5.17 Å². The molecule has 3 aliphatic rings. The van der Waals surface area contributed by atoms with Crippen molar-refractivity contribution in [3.63, 3.8) is 0 Å². The van der Waals surface area contributed by atoms with Crippen LogP contribution >= 0.6 is 11.8 Å². The molecule has 0 bridgehead atoms. The molecule has 2 saturated heterocycles. The number of fused-ring (bicyclic) bond motifs is 2. The molecule has 160 valence electrons. The van der Waals surface area contributed by atoms with Gasteiger partial charge in [-0.15, -0.1) is 0 Å². The molecule has 2 aromatic rings. The van der Waals surface area contributed by atoms with Gasteiger partial charge in [-0.05, 0) is 68.6 Å². The average molecular weight is 428 g/mol. The van der Waals surface area contributed by atoms with Crippen LogP contribution in [0, 0.1) is 0 Å². The molecule has 30 heavy (non-hydrogen) atoms. The minimum absolute atomic E-state index is 0.255. The first-order valence-electron chi connectivity index (χ1n) is 11.1. The second-order valence-electron chi connectivity index (χ2n) is 8.12. The summed E-state index contributed by atoms with van der Waals surface area (Å²) in [5.74, 6) is 0.894. The Balaban J connectivity index is 1.43. The number of pyridine rings is 1. The lowest BCUT2D eigenvalue weighted by Crippen LogP contribution is -2.38. The summed E-state index contributed by atoms with van der Waals surface area (Å²) in [7, 11) is 0. The van der Waals surface area contributed by atoms with Gasteiger partial charge in [0, 0.05) is 37.3 Å². The minimum atomic E-state index is 0.255. The highest BCUT2D eigenvalue weighted by atomic mass is 32.2. The van der Waals surface area contributed by atoms with Gasteiger partial charge < -0.3 is 19.1 Å². The molecule has 4 heterocycles. The molecule has 6 nitrogen and oxygen atoms in total. The molecule has 0 N–H and O–H groups in total. The van der Waals surface area contributed by atoms with Gasteiger partial charge in [-0.25, -0.2) is 4.98 Å². The predicted octanol–water partition coefficient (Wildman–Crippen LogP) is 4.26. The molecule has 0 saturated carbocycles. The summed E-state index contributed by atoms with van der Waals surface area (Å²) in [5, 5.41) is 3.23. The van der Waals surface area contributed by atoms with E-state index in [2.05, 4.69) is 17.0 Å². The van der Waals surface area contributed by atoms with Crippen molar-refractivity contribution in [3.05, 3.63) is 29.8 Å². The smallest absolute Gasteiger partial charge is 0.166 e. The highest BCUT2D eigenvalue weighted by Crippen LogP contribution is 2.35. The van der Waals surface area contributed by atoms with Crippen LogP contribution in [0.3, 0.4) is 0 Å². The van der Waals surface area contributed by atoms with Gasteiger partial charge in [0.25, 0.3) is 0 Å². The Morgan fingerprint density at radius 1 is 1.17 bits per heavy atom. The number of aromatic nitrogens is 1. The maximum atomic E-state index is 5.92. The van der Waals surface area contributed by atoms with Crippen LogP contribution in [0.1, 0.15) is 38.2 Å². The topological polar surface area (TPSA) is 56.2 Å². The highest BCUT2D eigenvalue weighted by Gasteiger charge is 2.28. The van der Waals surface area contributed by atoms with Crippen molar-refractivity contribution in [2.24, 2.45) is 4.99 Å². The Hall–Kier alpha value is -1.83. The summed E-state index contributed by atoms with van der Waals surface area (Å²) in [6.45, 7) is 6.83. The van der Waals surface area contributed by atoms with E-state index in [0.29, 0.717) is 6.61 Å². The van der Waals surface area contributed by atoms with Crippen molar-refractivity contribution in [1.29, 1.82) is 0 Å². The number of aliphatic imine (C=N–C) groups is 1. The van der Waals surface area contributed by atoms with Gasteiger partial charge in [-0.3, -0.25) is 4.99 Å². The normalized spacial score (nSPS) is 25.2. The third kappa shape index (κ3) is 4.43. The molecule has 2 atom stereocenters. The number of rotatable bonds is 6. The number of amidine groups is 1.